The fourth-order valence-electron chi connectivity index (χ4n) is 2.71. The van der Waals surface area contributed by atoms with Crippen molar-refractivity contribution in [3.05, 3.63) is 34.4 Å². The van der Waals surface area contributed by atoms with Gasteiger partial charge in [0.15, 0.2) is 6.61 Å². The van der Waals surface area contributed by atoms with Gasteiger partial charge in [-0.3, -0.25) is 4.79 Å². The summed E-state index contributed by atoms with van der Waals surface area (Å²) < 4.78 is 5.14. The van der Waals surface area contributed by atoms with Crippen molar-refractivity contribution < 1.29 is 14.3 Å². The maximum Gasteiger partial charge on any atom is 0.339 e. The van der Waals surface area contributed by atoms with Crippen molar-refractivity contribution in [3.8, 4) is 0 Å². The SMILES string of the molecule is Cc1cc(C)c(C(=O)OCC(=O)N[C@@H](C)C2CC2)c(C)c1. The molecule has 0 spiro atoms. The maximum absolute atomic E-state index is 12.1. The first-order valence-corrected chi connectivity index (χ1v) is 7.43. The molecule has 1 aliphatic rings. The van der Waals surface area contributed by atoms with Gasteiger partial charge in [0, 0.05) is 6.04 Å². The normalized spacial score (nSPS) is 15.4. The first-order chi connectivity index (χ1) is 9.88. The van der Waals surface area contributed by atoms with E-state index in [2.05, 4.69) is 5.32 Å². The van der Waals surface area contributed by atoms with Crippen molar-refractivity contribution in [1.29, 1.82) is 0 Å². The molecule has 1 aliphatic carbocycles. The average molecular weight is 289 g/mol. The van der Waals surface area contributed by atoms with Crippen LogP contribution >= 0.6 is 0 Å². The van der Waals surface area contributed by atoms with Crippen molar-refractivity contribution in [3.63, 3.8) is 0 Å². The van der Waals surface area contributed by atoms with Crippen LogP contribution in [-0.2, 0) is 9.53 Å². The number of ether oxygens (including phenoxy) is 1. The Hall–Kier alpha value is -1.84. The Kier molecular flexibility index (Phi) is 4.66. The molecule has 4 heteroatoms. The lowest BCUT2D eigenvalue weighted by atomic mass is 10.00. The van der Waals surface area contributed by atoms with Gasteiger partial charge in [0.2, 0.25) is 0 Å². The Morgan fingerprint density at radius 3 is 2.33 bits per heavy atom. The van der Waals surface area contributed by atoms with Crippen LogP contribution in [0, 0.1) is 26.7 Å². The van der Waals surface area contributed by atoms with Gasteiger partial charge >= 0.3 is 5.97 Å². The second-order valence-electron chi connectivity index (χ2n) is 6.04. The molecule has 0 aromatic heterocycles. The summed E-state index contributed by atoms with van der Waals surface area (Å²) >= 11 is 0. The molecule has 4 nitrogen and oxygen atoms in total. The van der Waals surface area contributed by atoms with Crippen LogP contribution in [0.2, 0.25) is 0 Å². The smallest absolute Gasteiger partial charge is 0.339 e. The van der Waals surface area contributed by atoms with Crippen LogP contribution in [0.25, 0.3) is 0 Å². The van der Waals surface area contributed by atoms with Gasteiger partial charge in [-0.05, 0) is 57.6 Å². The van der Waals surface area contributed by atoms with E-state index in [-0.39, 0.29) is 18.6 Å². The molecule has 1 amide bonds. The largest absolute Gasteiger partial charge is 0.452 e. The molecule has 1 saturated carbocycles. The zero-order valence-corrected chi connectivity index (χ0v) is 13.2. The minimum Gasteiger partial charge on any atom is -0.452 e. The van der Waals surface area contributed by atoms with Crippen molar-refractivity contribution in [2.75, 3.05) is 6.61 Å². The summed E-state index contributed by atoms with van der Waals surface area (Å²) in [5.41, 5.74) is 3.43. The summed E-state index contributed by atoms with van der Waals surface area (Å²) in [4.78, 5) is 23.9. The van der Waals surface area contributed by atoms with Crippen molar-refractivity contribution in [2.24, 2.45) is 5.92 Å². The highest BCUT2D eigenvalue weighted by molar-refractivity contribution is 5.94. The molecule has 0 saturated heterocycles. The van der Waals surface area contributed by atoms with Gasteiger partial charge in [-0.25, -0.2) is 4.79 Å². The van der Waals surface area contributed by atoms with E-state index in [9.17, 15) is 9.59 Å². The number of rotatable bonds is 5. The van der Waals surface area contributed by atoms with E-state index in [0.29, 0.717) is 11.5 Å². The molecule has 21 heavy (non-hydrogen) atoms. The second kappa shape index (κ2) is 6.29. The predicted molar refractivity (Wildman–Crippen MR) is 81.3 cm³/mol. The fraction of sp³-hybridized carbons (Fsp3) is 0.529. The van der Waals surface area contributed by atoms with Crippen molar-refractivity contribution in [1.82, 2.24) is 5.32 Å². The third-order valence-corrected chi connectivity index (χ3v) is 3.93. The quantitative estimate of drug-likeness (QED) is 0.848. The summed E-state index contributed by atoms with van der Waals surface area (Å²) in [6, 6.07) is 4.05. The summed E-state index contributed by atoms with van der Waals surface area (Å²) in [6.45, 7) is 7.52. The third-order valence-electron chi connectivity index (χ3n) is 3.93. The molecule has 114 valence electrons. The van der Waals surface area contributed by atoms with Crippen molar-refractivity contribution in [2.45, 2.75) is 46.6 Å². The Bertz CT molecular complexity index is 538. The summed E-state index contributed by atoms with van der Waals surface area (Å²) in [6.07, 6.45) is 2.34. The minimum absolute atomic E-state index is 0.166. The minimum atomic E-state index is -0.431. The Labute approximate surface area is 125 Å². The Balaban J connectivity index is 1.91. The third kappa shape index (κ3) is 4.06. The molecular weight excluding hydrogens is 266 g/mol. The molecule has 1 aromatic rings. The number of carbonyl (C=O) groups is 2. The van der Waals surface area contributed by atoms with E-state index in [1.807, 2.05) is 39.8 Å². The molecule has 1 aromatic carbocycles. The number of nitrogens with one attached hydrogen (secondary N) is 1. The number of hydrogen-bond acceptors (Lipinski definition) is 3. The number of esters is 1. The molecule has 0 radical (unpaired) electrons. The van der Waals surface area contributed by atoms with Gasteiger partial charge in [0.05, 0.1) is 5.56 Å². The Morgan fingerprint density at radius 2 is 1.81 bits per heavy atom. The number of aryl methyl sites for hydroxylation is 3. The highest BCUT2D eigenvalue weighted by atomic mass is 16.5. The van der Waals surface area contributed by atoms with E-state index in [1.54, 1.807) is 0 Å². The fourth-order valence-corrected chi connectivity index (χ4v) is 2.71. The van der Waals surface area contributed by atoms with E-state index < -0.39 is 5.97 Å². The molecule has 0 heterocycles. The lowest BCUT2D eigenvalue weighted by molar-refractivity contribution is -0.125. The number of benzene rings is 1. The first kappa shape index (κ1) is 15.5. The van der Waals surface area contributed by atoms with Crippen LogP contribution in [0.3, 0.4) is 0 Å². The summed E-state index contributed by atoms with van der Waals surface area (Å²) in [5.74, 6) is -0.0735. The van der Waals surface area contributed by atoms with Crippen LogP contribution in [0.15, 0.2) is 12.1 Å². The zero-order valence-electron chi connectivity index (χ0n) is 13.2. The lowest BCUT2D eigenvalue weighted by Gasteiger charge is -2.14. The van der Waals surface area contributed by atoms with Crippen LogP contribution in [-0.4, -0.2) is 24.5 Å². The summed E-state index contributed by atoms with van der Waals surface area (Å²) in [7, 11) is 0. The second-order valence-corrected chi connectivity index (χ2v) is 6.04. The first-order valence-electron chi connectivity index (χ1n) is 7.43. The predicted octanol–water partition coefficient (Wildman–Crippen LogP) is 2.68. The van der Waals surface area contributed by atoms with Crippen LogP contribution in [0.4, 0.5) is 0 Å². The highest BCUT2D eigenvalue weighted by Gasteiger charge is 2.29. The maximum atomic E-state index is 12.1. The van der Waals surface area contributed by atoms with E-state index in [4.69, 9.17) is 4.74 Å². The molecule has 0 aliphatic heterocycles. The molecule has 1 atom stereocenters. The molecular formula is C17H23NO3. The topological polar surface area (TPSA) is 55.4 Å². The highest BCUT2D eigenvalue weighted by Crippen LogP contribution is 2.32. The molecule has 2 rings (SSSR count). The van der Waals surface area contributed by atoms with Crippen LogP contribution in [0.5, 0.6) is 0 Å². The van der Waals surface area contributed by atoms with Crippen molar-refractivity contribution >= 4 is 11.9 Å². The van der Waals surface area contributed by atoms with E-state index in [0.717, 1.165) is 16.7 Å². The van der Waals surface area contributed by atoms with E-state index in [1.165, 1.54) is 12.8 Å². The van der Waals surface area contributed by atoms with E-state index >= 15 is 0 Å². The molecule has 1 N–H and O–H groups in total. The number of amides is 1. The molecule has 1 fully saturated rings. The molecule has 0 unspecified atom stereocenters. The summed E-state index contributed by atoms with van der Waals surface area (Å²) in [5, 5.41) is 2.87. The monoisotopic (exact) mass is 289 g/mol. The van der Waals surface area contributed by atoms with Gasteiger partial charge < -0.3 is 10.1 Å². The lowest BCUT2D eigenvalue weighted by Crippen LogP contribution is -2.37. The average Bonchev–Trinajstić information content (AvgIpc) is 3.19. The van der Waals surface area contributed by atoms with Gasteiger partial charge in [-0.1, -0.05) is 17.7 Å². The van der Waals surface area contributed by atoms with Crippen LogP contribution in [0.1, 0.15) is 46.8 Å². The van der Waals surface area contributed by atoms with Gasteiger partial charge in [0.25, 0.3) is 5.91 Å². The van der Waals surface area contributed by atoms with Gasteiger partial charge in [-0.15, -0.1) is 0 Å². The van der Waals surface area contributed by atoms with Gasteiger partial charge in [0.1, 0.15) is 0 Å². The van der Waals surface area contributed by atoms with Gasteiger partial charge in [-0.2, -0.15) is 0 Å². The standard InChI is InChI=1S/C17H23NO3/c1-10-7-11(2)16(12(3)8-10)17(20)21-9-15(19)18-13(4)14-5-6-14/h7-8,13-14H,5-6,9H2,1-4H3,(H,18,19)/t13-/m0/s1. The number of carbonyl (C=O) groups excluding carboxylic acids is 2. The van der Waals surface area contributed by atoms with Crippen LogP contribution < -0.4 is 5.32 Å². The zero-order chi connectivity index (χ0) is 15.6. The number of hydrogen-bond donors (Lipinski definition) is 1. The Morgan fingerprint density at radius 1 is 1.24 bits per heavy atom. The molecule has 0 bridgehead atoms.